The Hall–Kier alpha value is -2.91. The minimum atomic E-state index is -4.02. The Labute approximate surface area is 174 Å². The van der Waals surface area contributed by atoms with E-state index in [0.29, 0.717) is 37.5 Å². The van der Waals surface area contributed by atoms with Crippen molar-refractivity contribution in [2.45, 2.75) is 23.3 Å². The van der Waals surface area contributed by atoms with Crippen LogP contribution in [0.15, 0.2) is 62.9 Å². The summed E-state index contributed by atoms with van der Waals surface area (Å²) < 4.78 is 55.7. The minimum absolute atomic E-state index is 0.0271. The molecule has 0 radical (unpaired) electrons. The molecular weight excluding hydrogens is 411 g/mol. The first kappa shape index (κ1) is 21.8. The molecule has 9 heteroatoms. The highest BCUT2D eigenvalue weighted by molar-refractivity contribution is 7.91. The third kappa shape index (κ3) is 4.98. The molecule has 0 unspecified atom stereocenters. The lowest BCUT2D eigenvalue weighted by Crippen LogP contribution is -2.09. The van der Waals surface area contributed by atoms with E-state index < -0.39 is 15.7 Å². The quantitative estimate of drug-likeness (QED) is 0.378. The standard InChI is InChI=1S/C21H23FN2O5S/c1-3-28-17-9-5-15(6-10-17)19-24-21(20(29-19)23-13-4-14-27-2)30(25,26)18-11-7-16(22)8-12-18/h5-12,23H,3-4,13-14H2,1-2H3. The number of hydrogen-bond acceptors (Lipinski definition) is 7. The summed E-state index contributed by atoms with van der Waals surface area (Å²) in [5.41, 5.74) is 0.596. The number of methoxy groups -OCH3 is 1. The van der Waals surface area contributed by atoms with Crippen LogP contribution in [-0.2, 0) is 14.6 Å². The first-order valence-electron chi connectivity index (χ1n) is 9.43. The molecule has 30 heavy (non-hydrogen) atoms. The third-order valence-electron chi connectivity index (χ3n) is 4.20. The maximum atomic E-state index is 13.2. The van der Waals surface area contributed by atoms with Crippen molar-refractivity contribution in [2.24, 2.45) is 0 Å². The number of oxazole rings is 1. The number of aromatic nitrogens is 1. The van der Waals surface area contributed by atoms with Crippen LogP contribution in [0.5, 0.6) is 5.75 Å². The van der Waals surface area contributed by atoms with Crippen molar-refractivity contribution in [3.63, 3.8) is 0 Å². The van der Waals surface area contributed by atoms with E-state index in [9.17, 15) is 12.8 Å². The van der Waals surface area contributed by atoms with Crippen molar-refractivity contribution in [1.82, 2.24) is 4.98 Å². The molecule has 3 rings (SSSR count). The zero-order valence-electron chi connectivity index (χ0n) is 16.7. The van der Waals surface area contributed by atoms with Crippen molar-refractivity contribution in [3.8, 4) is 17.2 Å². The lowest BCUT2D eigenvalue weighted by Gasteiger charge is -2.06. The van der Waals surface area contributed by atoms with Gasteiger partial charge in [-0.15, -0.1) is 0 Å². The van der Waals surface area contributed by atoms with Crippen molar-refractivity contribution in [1.29, 1.82) is 0 Å². The van der Waals surface area contributed by atoms with E-state index in [1.54, 1.807) is 31.4 Å². The van der Waals surface area contributed by atoms with Gasteiger partial charge in [0.25, 0.3) is 0 Å². The molecule has 3 aromatic rings. The Balaban J connectivity index is 1.98. The Kier molecular flexibility index (Phi) is 7.07. The molecule has 0 aliphatic heterocycles. The van der Waals surface area contributed by atoms with Gasteiger partial charge in [-0.2, -0.15) is 4.98 Å². The van der Waals surface area contributed by atoms with Gasteiger partial charge in [0, 0.05) is 25.8 Å². The van der Waals surface area contributed by atoms with E-state index in [2.05, 4.69) is 10.3 Å². The second kappa shape index (κ2) is 9.73. The lowest BCUT2D eigenvalue weighted by molar-refractivity contribution is 0.197. The molecule has 0 saturated carbocycles. The maximum Gasteiger partial charge on any atom is 0.233 e. The monoisotopic (exact) mass is 434 g/mol. The van der Waals surface area contributed by atoms with Crippen molar-refractivity contribution in [3.05, 3.63) is 54.3 Å². The van der Waals surface area contributed by atoms with E-state index >= 15 is 0 Å². The summed E-state index contributed by atoms with van der Waals surface area (Å²) in [5, 5.41) is 2.72. The molecule has 0 saturated heterocycles. The van der Waals surface area contributed by atoms with Crippen molar-refractivity contribution < 1.29 is 26.7 Å². The average Bonchev–Trinajstić information content (AvgIpc) is 3.17. The SMILES string of the molecule is CCOc1ccc(-c2nc(S(=O)(=O)c3ccc(F)cc3)c(NCCCOC)o2)cc1. The molecule has 1 aromatic heterocycles. The highest BCUT2D eigenvalue weighted by atomic mass is 32.2. The zero-order chi connectivity index (χ0) is 21.6. The van der Waals surface area contributed by atoms with Gasteiger partial charge < -0.3 is 19.2 Å². The van der Waals surface area contributed by atoms with Crippen LogP contribution in [-0.4, -0.2) is 40.3 Å². The highest BCUT2D eigenvalue weighted by Gasteiger charge is 2.28. The summed E-state index contributed by atoms with van der Waals surface area (Å²) in [5.74, 6) is 0.333. The smallest absolute Gasteiger partial charge is 0.233 e. The highest BCUT2D eigenvalue weighted by Crippen LogP contribution is 2.33. The molecule has 0 atom stereocenters. The molecule has 0 aliphatic rings. The van der Waals surface area contributed by atoms with Gasteiger partial charge in [-0.1, -0.05) is 0 Å². The largest absolute Gasteiger partial charge is 0.494 e. The van der Waals surface area contributed by atoms with Crippen LogP contribution in [0.3, 0.4) is 0 Å². The van der Waals surface area contributed by atoms with Gasteiger partial charge in [-0.3, -0.25) is 0 Å². The van der Waals surface area contributed by atoms with Crippen LogP contribution in [0.1, 0.15) is 13.3 Å². The number of rotatable bonds is 10. The maximum absolute atomic E-state index is 13.2. The first-order chi connectivity index (χ1) is 14.5. The Morgan fingerprint density at radius 1 is 1.10 bits per heavy atom. The predicted octanol–water partition coefficient (Wildman–Crippen LogP) is 4.16. The van der Waals surface area contributed by atoms with Gasteiger partial charge >= 0.3 is 0 Å². The van der Waals surface area contributed by atoms with Crippen molar-refractivity contribution >= 4 is 15.7 Å². The summed E-state index contributed by atoms with van der Waals surface area (Å²) >= 11 is 0. The van der Waals surface area contributed by atoms with Gasteiger partial charge in [0.15, 0.2) is 0 Å². The predicted molar refractivity (Wildman–Crippen MR) is 110 cm³/mol. The molecule has 1 N–H and O–H groups in total. The van der Waals surface area contributed by atoms with Gasteiger partial charge in [-0.05, 0) is 61.9 Å². The molecule has 1 heterocycles. The molecule has 0 spiro atoms. The molecular formula is C21H23FN2O5S. The number of anilines is 1. The normalized spacial score (nSPS) is 11.4. The third-order valence-corrected chi connectivity index (χ3v) is 5.88. The fourth-order valence-corrected chi connectivity index (χ4v) is 4.01. The summed E-state index contributed by atoms with van der Waals surface area (Å²) in [7, 11) is -2.44. The molecule has 2 aromatic carbocycles. The van der Waals surface area contributed by atoms with Crippen LogP contribution in [0.4, 0.5) is 10.3 Å². The van der Waals surface area contributed by atoms with E-state index in [1.165, 1.54) is 12.1 Å². The number of benzene rings is 2. The number of nitrogens with zero attached hydrogens (tertiary/aromatic N) is 1. The summed E-state index contributed by atoms with van der Waals surface area (Å²) in [6, 6.07) is 11.6. The molecule has 0 aliphatic carbocycles. The van der Waals surface area contributed by atoms with E-state index in [0.717, 1.165) is 12.1 Å². The number of halogens is 1. The fraction of sp³-hybridized carbons (Fsp3) is 0.286. The second-order valence-electron chi connectivity index (χ2n) is 6.34. The summed E-state index contributed by atoms with van der Waals surface area (Å²) in [6.45, 7) is 3.36. The number of hydrogen-bond donors (Lipinski definition) is 1. The number of sulfone groups is 1. The molecule has 0 amide bonds. The lowest BCUT2D eigenvalue weighted by atomic mass is 10.2. The van der Waals surface area contributed by atoms with Gasteiger partial charge in [0.2, 0.25) is 26.6 Å². The van der Waals surface area contributed by atoms with Crippen LogP contribution in [0.2, 0.25) is 0 Å². The molecule has 160 valence electrons. The van der Waals surface area contributed by atoms with E-state index in [4.69, 9.17) is 13.9 Å². The van der Waals surface area contributed by atoms with Crippen LogP contribution < -0.4 is 10.1 Å². The first-order valence-corrected chi connectivity index (χ1v) is 10.9. The van der Waals surface area contributed by atoms with Crippen LogP contribution in [0.25, 0.3) is 11.5 Å². The summed E-state index contributed by atoms with van der Waals surface area (Å²) in [6.07, 6.45) is 0.644. The Morgan fingerprint density at radius 2 is 1.80 bits per heavy atom. The topological polar surface area (TPSA) is 90.7 Å². The van der Waals surface area contributed by atoms with Crippen molar-refractivity contribution in [2.75, 3.05) is 32.2 Å². The zero-order valence-corrected chi connectivity index (χ0v) is 17.5. The molecule has 7 nitrogen and oxygen atoms in total. The Morgan fingerprint density at radius 3 is 2.43 bits per heavy atom. The van der Waals surface area contributed by atoms with E-state index in [1.807, 2.05) is 6.92 Å². The van der Waals surface area contributed by atoms with Gasteiger partial charge in [0.05, 0.1) is 11.5 Å². The van der Waals surface area contributed by atoms with Crippen LogP contribution >= 0.6 is 0 Å². The number of nitrogens with one attached hydrogen (secondary N) is 1. The second-order valence-corrected chi connectivity index (χ2v) is 8.21. The average molecular weight is 434 g/mol. The summed E-state index contributed by atoms with van der Waals surface area (Å²) in [4.78, 5) is 4.17. The number of ether oxygens (including phenoxy) is 2. The minimum Gasteiger partial charge on any atom is -0.494 e. The van der Waals surface area contributed by atoms with E-state index in [-0.39, 0.29) is 21.7 Å². The Bertz CT molecular complexity index is 1060. The fourth-order valence-electron chi connectivity index (χ4n) is 2.73. The molecule has 0 bridgehead atoms. The van der Waals surface area contributed by atoms with Gasteiger partial charge in [0.1, 0.15) is 11.6 Å². The molecule has 0 fully saturated rings. The van der Waals surface area contributed by atoms with Gasteiger partial charge in [-0.25, -0.2) is 12.8 Å². The van der Waals surface area contributed by atoms with Crippen LogP contribution in [0, 0.1) is 5.82 Å².